The third-order valence-electron chi connectivity index (χ3n) is 3.57. The number of benzene rings is 1. The van der Waals surface area contributed by atoms with Crippen LogP contribution in [0.25, 0.3) is 0 Å². The van der Waals surface area contributed by atoms with E-state index in [-0.39, 0.29) is 0 Å². The van der Waals surface area contributed by atoms with Gasteiger partial charge >= 0.3 is 0 Å². The van der Waals surface area contributed by atoms with Gasteiger partial charge in [0.15, 0.2) is 0 Å². The number of aryl methyl sites for hydroxylation is 2. The first-order chi connectivity index (χ1) is 8.18. The highest BCUT2D eigenvalue weighted by atomic mass is 31.1. The first-order valence-corrected chi connectivity index (χ1v) is 7.46. The molecule has 0 radical (unpaired) electrons. The van der Waals surface area contributed by atoms with Crippen LogP contribution in [0.2, 0.25) is 0 Å². The Hall–Kier alpha value is -0.650. The summed E-state index contributed by atoms with van der Waals surface area (Å²) < 4.78 is 0. The zero-order valence-electron chi connectivity index (χ0n) is 10.7. The molecule has 92 valence electrons. The van der Waals surface area contributed by atoms with Crippen molar-refractivity contribution in [1.82, 2.24) is 0 Å². The molecule has 1 saturated carbocycles. The molecule has 0 saturated heterocycles. The zero-order chi connectivity index (χ0) is 12.3. The second kappa shape index (κ2) is 5.80. The first kappa shape index (κ1) is 12.8. The van der Waals surface area contributed by atoms with Crippen LogP contribution in [0, 0.1) is 13.8 Å². The van der Waals surface area contributed by atoms with Crippen LogP contribution in [0.15, 0.2) is 18.2 Å². The zero-order valence-corrected chi connectivity index (χ0v) is 11.6. The van der Waals surface area contributed by atoms with Crippen molar-refractivity contribution in [2.45, 2.75) is 51.6 Å². The predicted octanol–water partition coefficient (Wildman–Crippen LogP) is 3.42. The van der Waals surface area contributed by atoms with Gasteiger partial charge in [0.2, 0.25) is 0 Å². The fourth-order valence-corrected chi connectivity index (χ4v) is 4.03. The molecule has 1 nitrogen and oxygen atoms in total. The molecule has 0 heterocycles. The van der Waals surface area contributed by atoms with Crippen molar-refractivity contribution in [3.05, 3.63) is 34.9 Å². The van der Waals surface area contributed by atoms with E-state index in [2.05, 4.69) is 0 Å². The molecule has 0 aromatic heterocycles. The van der Waals surface area contributed by atoms with E-state index in [9.17, 15) is 5.11 Å². The lowest BCUT2D eigenvalue weighted by molar-refractivity contribution is -0.207. The summed E-state index contributed by atoms with van der Waals surface area (Å²) in [6.45, 7) is 4.08. The summed E-state index contributed by atoms with van der Waals surface area (Å²) in [4.78, 5) is 0. The van der Waals surface area contributed by atoms with Gasteiger partial charge in [-0.3, -0.25) is 0 Å². The molecule has 0 amide bonds. The van der Waals surface area contributed by atoms with E-state index in [1.54, 1.807) is 0 Å². The standard InChI is InChI=1S/C15H21OP/c1-11-7-6-8-12(2)14(11)15(16)17-13-9-4-3-5-10-13/h6-8,13,16H,3-5,9-10H2,1-2H3/p-1. The fraction of sp³-hybridized carbons (Fsp3) is 0.533. The third-order valence-corrected chi connectivity index (χ3v) is 4.91. The first-order valence-electron chi connectivity index (χ1n) is 6.50. The summed E-state index contributed by atoms with van der Waals surface area (Å²) in [5, 5.41) is 12.3. The highest BCUT2D eigenvalue weighted by Gasteiger charge is 2.11. The van der Waals surface area contributed by atoms with Gasteiger partial charge in [0.1, 0.15) is 0 Å². The maximum Gasteiger partial charge on any atom is -0.0000723 e. The van der Waals surface area contributed by atoms with E-state index >= 15 is 0 Å². The minimum absolute atomic E-state index is 0.326. The second-order valence-electron chi connectivity index (χ2n) is 4.99. The van der Waals surface area contributed by atoms with Gasteiger partial charge in [0, 0.05) is 0 Å². The summed E-state index contributed by atoms with van der Waals surface area (Å²) in [7, 11) is 1.02. The van der Waals surface area contributed by atoms with Gasteiger partial charge in [0.25, 0.3) is 0 Å². The maximum atomic E-state index is 12.3. The molecule has 0 atom stereocenters. The molecule has 17 heavy (non-hydrogen) atoms. The van der Waals surface area contributed by atoms with E-state index < -0.39 is 0 Å². The molecule has 1 fully saturated rings. The highest BCUT2D eigenvalue weighted by Crippen LogP contribution is 2.29. The molecule has 1 aliphatic rings. The van der Waals surface area contributed by atoms with Gasteiger partial charge in [-0.15, -0.1) is 13.7 Å². The number of hydrogen-bond donors (Lipinski definition) is 0. The molecular weight excluding hydrogens is 227 g/mol. The van der Waals surface area contributed by atoms with E-state index in [1.165, 1.54) is 32.1 Å². The van der Waals surface area contributed by atoms with Crippen molar-refractivity contribution in [2.24, 2.45) is 0 Å². The minimum Gasteiger partial charge on any atom is -0.824 e. The molecule has 1 aliphatic carbocycles. The second-order valence-corrected chi connectivity index (χ2v) is 6.39. The maximum absolute atomic E-state index is 12.3. The molecule has 1 aromatic rings. The molecule has 1 aromatic carbocycles. The summed E-state index contributed by atoms with van der Waals surface area (Å²) in [6.07, 6.45) is 6.43. The van der Waals surface area contributed by atoms with Gasteiger partial charge in [-0.1, -0.05) is 37.5 Å². The van der Waals surface area contributed by atoms with Gasteiger partial charge in [-0.05, 0) is 49.0 Å². The van der Waals surface area contributed by atoms with Crippen molar-refractivity contribution in [3.63, 3.8) is 0 Å². The average Bonchev–Trinajstić information content (AvgIpc) is 2.30. The summed E-state index contributed by atoms with van der Waals surface area (Å²) in [5.41, 5.74) is 4.14. The Labute approximate surface area is 106 Å². The van der Waals surface area contributed by atoms with E-state index in [0.29, 0.717) is 11.1 Å². The van der Waals surface area contributed by atoms with E-state index in [4.69, 9.17) is 0 Å². The van der Waals surface area contributed by atoms with Crippen LogP contribution in [0.3, 0.4) is 0 Å². The molecule has 0 bridgehead atoms. The van der Waals surface area contributed by atoms with Crippen molar-refractivity contribution < 1.29 is 5.11 Å². The van der Waals surface area contributed by atoms with Crippen molar-refractivity contribution in [2.75, 3.05) is 0 Å². The summed E-state index contributed by atoms with van der Waals surface area (Å²) in [5.74, 6) is 0. The van der Waals surface area contributed by atoms with Crippen LogP contribution >= 0.6 is 8.20 Å². The van der Waals surface area contributed by atoms with Crippen LogP contribution in [-0.2, 0) is 0 Å². The van der Waals surface area contributed by atoms with Crippen LogP contribution < -0.4 is 5.11 Å². The minimum atomic E-state index is 0.326. The predicted molar refractivity (Wildman–Crippen MR) is 73.8 cm³/mol. The van der Waals surface area contributed by atoms with E-state index in [0.717, 1.165) is 24.9 Å². The van der Waals surface area contributed by atoms with Crippen LogP contribution in [0.1, 0.15) is 48.8 Å². The fourth-order valence-electron chi connectivity index (χ4n) is 2.59. The normalized spacial score (nSPS) is 18.4. The van der Waals surface area contributed by atoms with Gasteiger partial charge in [0.05, 0.1) is 0 Å². The average molecular weight is 247 g/mol. The number of hydrogen-bond acceptors (Lipinski definition) is 1. The smallest absolute Gasteiger partial charge is 0.0000723 e. The van der Waals surface area contributed by atoms with Gasteiger partial charge in [-0.2, -0.15) is 0 Å². The highest BCUT2D eigenvalue weighted by molar-refractivity contribution is 7.41. The van der Waals surface area contributed by atoms with Crippen LogP contribution in [-0.4, -0.2) is 11.1 Å². The Morgan fingerprint density at radius 3 is 2.29 bits per heavy atom. The Kier molecular flexibility index (Phi) is 4.36. The van der Waals surface area contributed by atoms with E-state index in [1.807, 2.05) is 32.0 Å². The monoisotopic (exact) mass is 247 g/mol. The van der Waals surface area contributed by atoms with Gasteiger partial charge in [-0.25, -0.2) is 0 Å². The van der Waals surface area contributed by atoms with Crippen molar-refractivity contribution >= 4 is 13.7 Å². The molecular formula is C15H20OP-. The third kappa shape index (κ3) is 3.18. The summed E-state index contributed by atoms with van der Waals surface area (Å²) in [6, 6.07) is 6.10. The molecule has 0 aliphatic heterocycles. The Morgan fingerprint density at radius 1 is 1.12 bits per heavy atom. The van der Waals surface area contributed by atoms with Gasteiger partial charge < -0.3 is 5.11 Å². The Balaban J connectivity index is 2.23. The Bertz CT molecular complexity index is 397. The molecule has 2 heteroatoms. The van der Waals surface area contributed by atoms with Crippen LogP contribution in [0.4, 0.5) is 0 Å². The molecule has 0 spiro atoms. The summed E-state index contributed by atoms with van der Waals surface area (Å²) >= 11 is 0. The lowest BCUT2D eigenvalue weighted by Crippen LogP contribution is -2.21. The lowest BCUT2D eigenvalue weighted by Gasteiger charge is -2.23. The SMILES string of the molecule is Cc1cccc(C)c1C([O-])=PC1CCCCC1. The number of rotatable bonds is 2. The quantitative estimate of drug-likeness (QED) is 0.734. The topological polar surface area (TPSA) is 23.1 Å². The lowest BCUT2D eigenvalue weighted by atomic mass is 10.0. The Morgan fingerprint density at radius 2 is 1.71 bits per heavy atom. The van der Waals surface area contributed by atoms with Crippen molar-refractivity contribution in [3.8, 4) is 0 Å². The molecule has 0 unspecified atom stereocenters. The van der Waals surface area contributed by atoms with Crippen molar-refractivity contribution in [1.29, 1.82) is 0 Å². The molecule has 2 rings (SSSR count). The van der Waals surface area contributed by atoms with Crippen LogP contribution in [0.5, 0.6) is 0 Å². The molecule has 0 N–H and O–H groups in total. The largest absolute Gasteiger partial charge is 0.824 e.